The number of aromatic nitrogens is 1. The van der Waals surface area contributed by atoms with E-state index >= 15 is 0 Å². The quantitative estimate of drug-likeness (QED) is 0.812. The first kappa shape index (κ1) is 18.2. The maximum atomic E-state index is 12.8. The first-order valence-electron chi connectivity index (χ1n) is 10.2. The fourth-order valence-corrected chi connectivity index (χ4v) is 4.29. The molecule has 1 atom stereocenters. The van der Waals surface area contributed by atoms with Gasteiger partial charge in [-0.15, -0.1) is 0 Å². The van der Waals surface area contributed by atoms with Gasteiger partial charge >= 0.3 is 0 Å². The van der Waals surface area contributed by atoms with Gasteiger partial charge in [0.1, 0.15) is 0 Å². The van der Waals surface area contributed by atoms with Crippen LogP contribution in [0.15, 0.2) is 42.5 Å². The summed E-state index contributed by atoms with van der Waals surface area (Å²) in [6.07, 6.45) is 5.37. The van der Waals surface area contributed by atoms with Gasteiger partial charge in [0, 0.05) is 18.7 Å². The molecule has 0 spiro atoms. The second-order valence-corrected chi connectivity index (χ2v) is 7.94. The summed E-state index contributed by atoms with van der Waals surface area (Å²) in [6, 6.07) is 15.0. The molecule has 0 N–H and O–H groups in total. The van der Waals surface area contributed by atoms with Crippen molar-refractivity contribution >= 4 is 5.91 Å². The van der Waals surface area contributed by atoms with Crippen molar-refractivity contribution in [2.24, 2.45) is 0 Å². The van der Waals surface area contributed by atoms with Crippen LogP contribution in [-0.4, -0.2) is 46.9 Å². The number of rotatable bonds is 5. The van der Waals surface area contributed by atoms with Gasteiger partial charge < -0.3 is 4.90 Å². The minimum Gasteiger partial charge on any atom is -0.333 e. The lowest BCUT2D eigenvalue weighted by Gasteiger charge is -2.27. The lowest BCUT2D eigenvalue weighted by atomic mass is 10.1. The average Bonchev–Trinajstić information content (AvgIpc) is 3.35. The molecule has 0 saturated carbocycles. The average molecular weight is 364 g/mol. The lowest BCUT2D eigenvalue weighted by Crippen LogP contribution is -2.39. The van der Waals surface area contributed by atoms with Crippen molar-refractivity contribution in [1.82, 2.24) is 14.8 Å². The van der Waals surface area contributed by atoms with Crippen molar-refractivity contribution in [1.29, 1.82) is 0 Å². The number of carbonyl (C=O) groups is 1. The summed E-state index contributed by atoms with van der Waals surface area (Å²) in [5.74, 6) is 0.269. The molecule has 4 nitrogen and oxygen atoms in total. The predicted octanol–water partition coefficient (Wildman–Crippen LogP) is 3.74. The number of benzene rings is 1. The summed E-state index contributed by atoms with van der Waals surface area (Å²) in [5, 5.41) is 0. The zero-order chi connectivity index (χ0) is 18.6. The van der Waals surface area contributed by atoms with Crippen molar-refractivity contribution in [2.75, 3.05) is 26.2 Å². The van der Waals surface area contributed by atoms with Crippen LogP contribution in [0.5, 0.6) is 0 Å². The fourth-order valence-electron chi connectivity index (χ4n) is 4.29. The van der Waals surface area contributed by atoms with E-state index in [2.05, 4.69) is 59.2 Å². The second-order valence-electron chi connectivity index (χ2n) is 7.94. The zero-order valence-corrected chi connectivity index (χ0v) is 16.2. The van der Waals surface area contributed by atoms with E-state index in [1.54, 1.807) is 0 Å². The number of nitrogens with zero attached hydrogens (tertiary/aromatic N) is 3. The van der Waals surface area contributed by atoms with Crippen LogP contribution in [0, 0.1) is 6.92 Å². The molecule has 1 unspecified atom stereocenters. The van der Waals surface area contributed by atoms with Crippen molar-refractivity contribution in [3.63, 3.8) is 0 Å². The summed E-state index contributed by atoms with van der Waals surface area (Å²) in [5.41, 5.74) is 4.68. The molecule has 1 aromatic carbocycles. The Morgan fingerprint density at radius 3 is 2.59 bits per heavy atom. The van der Waals surface area contributed by atoms with Crippen LogP contribution in [0.4, 0.5) is 0 Å². The molecule has 27 heavy (non-hydrogen) atoms. The number of hydrogen-bond donors (Lipinski definition) is 0. The Bertz CT molecular complexity index is 780. The van der Waals surface area contributed by atoms with E-state index in [0.29, 0.717) is 6.54 Å². The Labute approximate surface area is 162 Å². The van der Waals surface area contributed by atoms with Crippen molar-refractivity contribution in [3.05, 3.63) is 65.0 Å². The molecule has 2 aliphatic heterocycles. The summed E-state index contributed by atoms with van der Waals surface area (Å²) < 4.78 is 0. The highest BCUT2D eigenvalue weighted by molar-refractivity contribution is 5.79. The van der Waals surface area contributed by atoms with Crippen LogP contribution < -0.4 is 0 Å². The van der Waals surface area contributed by atoms with E-state index in [4.69, 9.17) is 4.98 Å². The van der Waals surface area contributed by atoms with E-state index in [1.807, 2.05) is 0 Å². The highest BCUT2D eigenvalue weighted by atomic mass is 16.2. The third-order valence-electron chi connectivity index (χ3n) is 5.81. The van der Waals surface area contributed by atoms with Gasteiger partial charge in [0.05, 0.1) is 18.3 Å². The molecular formula is C23H29N3O. The molecule has 0 radical (unpaired) electrons. The van der Waals surface area contributed by atoms with Gasteiger partial charge in [-0.3, -0.25) is 14.7 Å². The molecule has 3 heterocycles. The Balaban J connectivity index is 1.46. The molecular weight excluding hydrogens is 334 g/mol. The van der Waals surface area contributed by atoms with E-state index in [1.165, 1.54) is 24.0 Å². The molecule has 2 fully saturated rings. The number of hydrogen-bond acceptors (Lipinski definition) is 3. The van der Waals surface area contributed by atoms with Crippen LogP contribution >= 0.6 is 0 Å². The third kappa shape index (κ3) is 4.38. The number of carbonyl (C=O) groups excluding carboxylic acids is 1. The van der Waals surface area contributed by atoms with Gasteiger partial charge in [0.2, 0.25) is 5.91 Å². The largest absolute Gasteiger partial charge is 0.333 e. The predicted molar refractivity (Wildman–Crippen MR) is 108 cm³/mol. The monoisotopic (exact) mass is 363 g/mol. The van der Waals surface area contributed by atoms with Crippen molar-refractivity contribution in [2.45, 2.75) is 45.1 Å². The molecule has 142 valence electrons. The van der Waals surface area contributed by atoms with Crippen LogP contribution in [0.2, 0.25) is 0 Å². The van der Waals surface area contributed by atoms with Crippen LogP contribution in [0.25, 0.3) is 0 Å². The number of amides is 1. The van der Waals surface area contributed by atoms with Gasteiger partial charge in [-0.1, -0.05) is 35.9 Å². The molecule has 2 saturated heterocycles. The third-order valence-corrected chi connectivity index (χ3v) is 5.81. The Kier molecular flexibility index (Phi) is 5.53. The molecule has 1 amide bonds. The standard InChI is InChI=1S/C23H29N3O/c1-18-9-11-19(12-10-18)16-20-6-4-7-21(24-20)22-8-5-15-26(22)23(27)17-25-13-2-3-14-25/h4,6-7,9-12,22H,2-3,5,8,13-17H2,1H3. The van der Waals surface area contributed by atoms with Crippen molar-refractivity contribution in [3.8, 4) is 0 Å². The Morgan fingerprint density at radius 1 is 1.04 bits per heavy atom. The van der Waals surface area contributed by atoms with Gasteiger partial charge in [-0.05, 0) is 63.4 Å². The van der Waals surface area contributed by atoms with Crippen LogP contribution in [-0.2, 0) is 11.2 Å². The SMILES string of the molecule is Cc1ccc(Cc2cccc(C3CCCN3C(=O)CN3CCCC3)n2)cc1. The molecule has 2 aliphatic rings. The van der Waals surface area contributed by atoms with E-state index in [-0.39, 0.29) is 11.9 Å². The Morgan fingerprint density at radius 2 is 1.81 bits per heavy atom. The van der Waals surface area contributed by atoms with Gasteiger partial charge in [0.25, 0.3) is 0 Å². The summed E-state index contributed by atoms with van der Waals surface area (Å²) in [6.45, 7) is 5.67. The van der Waals surface area contributed by atoms with Gasteiger partial charge in [-0.25, -0.2) is 0 Å². The Hall–Kier alpha value is -2.20. The smallest absolute Gasteiger partial charge is 0.237 e. The highest BCUT2D eigenvalue weighted by Gasteiger charge is 2.32. The van der Waals surface area contributed by atoms with Gasteiger partial charge in [0.15, 0.2) is 0 Å². The maximum Gasteiger partial charge on any atom is 0.237 e. The van der Waals surface area contributed by atoms with E-state index < -0.39 is 0 Å². The normalized spacial score (nSPS) is 20.3. The molecule has 0 aliphatic carbocycles. The fraction of sp³-hybridized carbons (Fsp3) is 0.478. The van der Waals surface area contributed by atoms with Crippen LogP contribution in [0.3, 0.4) is 0 Å². The topological polar surface area (TPSA) is 36.4 Å². The van der Waals surface area contributed by atoms with Crippen molar-refractivity contribution < 1.29 is 4.79 Å². The molecule has 1 aromatic heterocycles. The molecule has 4 rings (SSSR count). The molecule has 4 heteroatoms. The minimum atomic E-state index is 0.137. The minimum absolute atomic E-state index is 0.137. The summed E-state index contributed by atoms with van der Waals surface area (Å²) in [4.78, 5) is 22.1. The number of pyridine rings is 1. The number of aryl methyl sites for hydroxylation is 1. The zero-order valence-electron chi connectivity index (χ0n) is 16.2. The first-order chi connectivity index (χ1) is 13.2. The first-order valence-corrected chi connectivity index (χ1v) is 10.2. The van der Waals surface area contributed by atoms with Crippen LogP contribution in [0.1, 0.15) is 54.2 Å². The summed E-state index contributed by atoms with van der Waals surface area (Å²) >= 11 is 0. The maximum absolute atomic E-state index is 12.8. The van der Waals surface area contributed by atoms with E-state index in [0.717, 1.165) is 50.3 Å². The molecule has 2 aromatic rings. The lowest BCUT2D eigenvalue weighted by molar-refractivity contribution is -0.133. The highest BCUT2D eigenvalue weighted by Crippen LogP contribution is 2.31. The second kappa shape index (κ2) is 8.22. The molecule has 0 bridgehead atoms. The van der Waals surface area contributed by atoms with E-state index in [9.17, 15) is 4.79 Å². The van der Waals surface area contributed by atoms with Gasteiger partial charge in [-0.2, -0.15) is 0 Å². The number of likely N-dealkylation sites (tertiary alicyclic amines) is 2. The summed E-state index contributed by atoms with van der Waals surface area (Å²) in [7, 11) is 0.